The van der Waals surface area contributed by atoms with Gasteiger partial charge in [0.25, 0.3) is 0 Å². The highest BCUT2D eigenvalue weighted by atomic mass is 15.0. The molecule has 1 aromatic carbocycles. The first kappa shape index (κ1) is 13.0. The lowest BCUT2D eigenvalue weighted by Crippen LogP contribution is -2.29. The Kier molecular flexibility index (Phi) is 3.44. The number of nitrogens with one attached hydrogen (secondary N) is 1. The van der Waals surface area contributed by atoms with Crippen molar-refractivity contribution in [2.24, 2.45) is 0 Å². The molecule has 0 saturated heterocycles. The average Bonchev–Trinajstić information content (AvgIpc) is 2.46. The van der Waals surface area contributed by atoms with Gasteiger partial charge in [0.05, 0.1) is 11.4 Å². The fraction of sp³-hybridized carbons (Fsp3) is 0.444. The monoisotopic (exact) mass is 279 g/mol. The first-order valence-electron chi connectivity index (χ1n) is 8.03. The molecule has 0 spiro atoms. The Morgan fingerprint density at radius 2 is 1.95 bits per heavy atom. The van der Waals surface area contributed by atoms with Gasteiger partial charge in [0.15, 0.2) is 0 Å². The molecule has 1 fully saturated rings. The standard InChI is InChI=1S/C18H21N3/c1-2-5-13(6-3-1)11-17-20-16-9-10-19-12-15(16)18(21-17)14-7-4-8-14/h1-3,5-6,14,19H,4,7-12H2. The Morgan fingerprint density at radius 3 is 2.71 bits per heavy atom. The molecule has 2 aromatic rings. The van der Waals surface area contributed by atoms with Gasteiger partial charge in [-0.25, -0.2) is 9.97 Å². The van der Waals surface area contributed by atoms with Gasteiger partial charge in [-0.1, -0.05) is 36.8 Å². The molecule has 1 aliphatic heterocycles. The van der Waals surface area contributed by atoms with E-state index in [1.54, 1.807) is 0 Å². The zero-order valence-electron chi connectivity index (χ0n) is 12.3. The second-order valence-corrected chi connectivity index (χ2v) is 6.17. The SMILES string of the molecule is c1ccc(Cc2nc3c(c(C4CCC4)n2)CNCC3)cc1. The van der Waals surface area contributed by atoms with Gasteiger partial charge in [0.1, 0.15) is 5.82 Å². The molecule has 0 bridgehead atoms. The van der Waals surface area contributed by atoms with Crippen LogP contribution in [0.2, 0.25) is 0 Å². The second-order valence-electron chi connectivity index (χ2n) is 6.17. The van der Waals surface area contributed by atoms with E-state index in [1.165, 1.54) is 41.8 Å². The van der Waals surface area contributed by atoms with E-state index in [1.807, 2.05) is 0 Å². The molecule has 2 heterocycles. The number of hydrogen-bond donors (Lipinski definition) is 1. The summed E-state index contributed by atoms with van der Waals surface area (Å²) < 4.78 is 0. The van der Waals surface area contributed by atoms with Crippen molar-refractivity contribution in [3.8, 4) is 0 Å². The van der Waals surface area contributed by atoms with Crippen LogP contribution in [0.5, 0.6) is 0 Å². The number of fused-ring (bicyclic) bond motifs is 1. The summed E-state index contributed by atoms with van der Waals surface area (Å²) >= 11 is 0. The summed E-state index contributed by atoms with van der Waals surface area (Å²) in [5.41, 5.74) is 5.31. The van der Waals surface area contributed by atoms with E-state index in [4.69, 9.17) is 9.97 Å². The maximum atomic E-state index is 4.95. The van der Waals surface area contributed by atoms with E-state index >= 15 is 0 Å². The van der Waals surface area contributed by atoms with Gasteiger partial charge < -0.3 is 5.32 Å². The average molecular weight is 279 g/mol. The Balaban J connectivity index is 1.70. The first-order valence-corrected chi connectivity index (χ1v) is 8.03. The van der Waals surface area contributed by atoms with Crippen molar-refractivity contribution in [2.75, 3.05) is 6.54 Å². The van der Waals surface area contributed by atoms with E-state index in [2.05, 4.69) is 35.6 Å². The maximum absolute atomic E-state index is 4.95. The van der Waals surface area contributed by atoms with Crippen molar-refractivity contribution >= 4 is 0 Å². The van der Waals surface area contributed by atoms with Crippen LogP contribution in [0.15, 0.2) is 30.3 Å². The third-order valence-electron chi connectivity index (χ3n) is 4.71. The molecule has 0 radical (unpaired) electrons. The molecule has 3 nitrogen and oxygen atoms in total. The van der Waals surface area contributed by atoms with Gasteiger partial charge in [-0.15, -0.1) is 0 Å². The predicted octanol–water partition coefficient (Wildman–Crippen LogP) is 2.98. The van der Waals surface area contributed by atoms with Crippen molar-refractivity contribution in [1.82, 2.24) is 15.3 Å². The number of benzene rings is 1. The molecule has 0 amide bonds. The first-order chi connectivity index (χ1) is 10.4. The smallest absolute Gasteiger partial charge is 0.133 e. The van der Waals surface area contributed by atoms with Gasteiger partial charge in [-0.3, -0.25) is 0 Å². The van der Waals surface area contributed by atoms with E-state index in [0.717, 1.165) is 31.8 Å². The van der Waals surface area contributed by atoms with Gasteiger partial charge in [0.2, 0.25) is 0 Å². The van der Waals surface area contributed by atoms with Gasteiger partial charge >= 0.3 is 0 Å². The molecule has 2 aliphatic rings. The van der Waals surface area contributed by atoms with Crippen molar-refractivity contribution in [3.05, 3.63) is 58.7 Å². The summed E-state index contributed by atoms with van der Waals surface area (Å²) in [6, 6.07) is 10.6. The van der Waals surface area contributed by atoms with E-state index in [9.17, 15) is 0 Å². The quantitative estimate of drug-likeness (QED) is 0.938. The van der Waals surface area contributed by atoms with Crippen LogP contribution in [0.1, 0.15) is 53.5 Å². The minimum absolute atomic E-state index is 0.677. The van der Waals surface area contributed by atoms with Crippen molar-refractivity contribution < 1.29 is 0 Å². The number of nitrogens with zero attached hydrogens (tertiary/aromatic N) is 2. The van der Waals surface area contributed by atoms with Gasteiger partial charge in [-0.05, 0) is 18.4 Å². The molecular weight excluding hydrogens is 258 g/mol. The Hall–Kier alpha value is -1.74. The highest BCUT2D eigenvalue weighted by molar-refractivity contribution is 5.33. The van der Waals surface area contributed by atoms with Crippen LogP contribution < -0.4 is 5.32 Å². The fourth-order valence-electron chi connectivity index (χ4n) is 3.30. The second kappa shape index (κ2) is 5.57. The topological polar surface area (TPSA) is 37.8 Å². The summed E-state index contributed by atoms with van der Waals surface area (Å²) in [7, 11) is 0. The maximum Gasteiger partial charge on any atom is 0.133 e. The molecule has 1 aliphatic carbocycles. The third-order valence-corrected chi connectivity index (χ3v) is 4.71. The van der Waals surface area contributed by atoms with Gasteiger partial charge in [-0.2, -0.15) is 0 Å². The van der Waals surface area contributed by atoms with E-state index in [-0.39, 0.29) is 0 Å². The van der Waals surface area contributed by atoms with Crippen LogP contribution in [-0.2, 0) is 19.4 Å². The summed E-state index contributed by atoms with van der Waals surface area (Å²) in [6.07, 6.45) is 5.84. The summed E-state index contributed by atoms with van der Waals surface area (Å²) in [6.45, 7) is 1.99. The van der Waals surface area contributed by atoms with E-state index in [0.29, 0.717) is 5.92 Å². The van der Waals surface area contributed by atoms with Crippen LogP contribution in [0.25, 0.3) is 0 Å². The largest absolute Gasteiger partial charge is 0.312 e. The third kappa shape index (κ3) is 2.58. The molecule has 108 valence electrons. The fourth-order valence-corrected chi connectivity index (χ4v) is 3.30. The number of rotatable bonds is 3. The zero-order chi connectivity index (χ0) is 14.1. The predicted molar refractivity (Wildman–Crippen MR) is 83.3 cm³/mol. The minimum atomic E-state index is 0.677. The number of hydrogen-bond acceptors (Lipinski definition) is 3. The summed E-state index contributed by atoms with van der Waals surface area (Å²) in [4.78, 5) is 9.81. The Bertz CT molecular complexity index is 632. The van der Waals surface area contributed by atoms with Gasteiger partial charge in [0, 0.05) is 37.4 Å². The minimum Gasteiger partial charge on any atom is -0.312 e. The van der Waals surface area contributed by atoms with Crippen LogP contribution in [0, 0.1) is 0 Å². The highest BCUT2D eigenvalue weighted by Crippen LogP contribution is 2.38. The lowest BCUT2D eigenvalue weighted by molar-refractivity contribution is 0.402. The van der Waals surface area contributed by atoms with Crippen molar-refractivity contribution in [3.63, 3.8) is 0 Å². The molecule has 1 aromatic heterocycles. The summed E-state index contributed by atoms with van der Waals surface area (Å²) in [5.74, 6) is 1.68. The van der Waals surface area contributed by atoms with Crippen LogP contribution in [0.4, 0.5) is 0 Å². The molecule has 3 heteroatoms. The molecular formula is C18H21N3. The molecule has 0 atom stereocenters. The lowest BCUT2D eigenvalue weighted by Gasteiger charge is -2.29. The lowest BCUT2D eigenvalue weighted by atomic mass is 9.80. The normalized spacial score (nSPS) is 18.1. The Morgan fingerprint density at radius 1 is 1.10 bits per heavy atom. The van der Waals surface area contributed by atoms with Crippen LogP contribution in [-0.4, -0.2) is 16.5 Å². The molecule has 4 rings (SSSR count). The number of aromatic nitrogens is 2. The van der Waals surface area contributed by atoms with Crippen LogP contribution >= 0.6 is 0 Å². The van der Waals surface area contributed by atoms with Crippen molar-refractivity contribution in [2.45, 2.75) is 44.6 Å². The van der Waals surface area contributed by atoms with E-state index < -0.39 is 0 Å². The molecule has 21 heavy (non-hydrogen) atoms. The van der Waals surface area contributed by atoms with Crippen LogP contribution in [0.3, 0.4) is 0 Å². The molecule has 1 N–H and O–H groups in total. The Labute approximate surface area is 125 Å². The highest BCUT2D eigenvalue weighted by Gasteiger charge is 2.27. The molecule has 1 saturated carbocycles. The summed E-state index contributed by atoms with van der Waals surface area (Å²) in [5, 5.41) is 3.47. The zero-order valence-corrected chi connectivity index (χ0v) is 12.3. The molecule has 0 unspecified atom stereocenters. The van der Waals surface area contributed by atoms with Crippen molar-refractivity contribution in [1.29, 1.82) is 0 Å².